The minimum absolute atomic E-state index is 0.0491. The van der Waals surface area contributed by atoms with E-state index < -0.39 is 5.60 Å². The van der Waals surface area contributed by atoms with Gasteiger partial charge in [-0.1, -0.05) is 60.1 Å². The number of aromatic nitrogens is 2. The van der Waals surface area contributed by atoms with Crippen LogP contribution >= 0.6 is 11.6 Å². The molecule has 2 aromatic carbocycles. The molecule has 0 atom stereocenters. The number of likely N-dealkylation sites (tertiary alicyclic amines) is 2. The smallest absolute Gasteiger partial charge is 0.410 e. The number of halogens is 1. The van der Waals surface area contributed by atoms with E-state index in [-0.39, 0.29) is 24.0 Å². The first-order valence-corrected chi connectivity index (χ1v) is 14.8. The van der Waals surface area contributed by atoms with E-state index in [4.69, 9.17) is 21.3 Å². The molecule has 2 amide bonds. The van der Waals surface area contributed by atoms with E-state index in [9.17, 15) is 9.59 Å². The quantitative estimate of drug-likeness (QED) is 0.373. The molecule has 2 aliphatic rings. The Morgan fingerprint density at radius 3 is 2.20 bits per heavy atom. The van der Waals surface area contributed by atoms with Gasteiger partial charge in [-0.2, -0.15) is 0 Å². The van der Waals surface area contributed by atoms with Crippen molar-refractivity contribution in [3.05, 3.63) is 65.8 Å². The summed E-state index contributed by atoms with van der Waals surface area (Å²) in [5.74, 6) is 0.677. The first-order chi connectivity index (χ1) is 19.7. The van der Waals surface area contributed by atoms with Gasteiger partial charge in [0.1, 0.15) is 5.60 Å². The number of anilines is 1. The topological polar surface area (TPSA) is 87.7 Å². The lowest BCUT2D eigenvalue weighted by Gasteiger charge is -2.37. The predicted molar refractivity (Wildman–Crippen MR) is 162 cm³/mol. The minimum atomic E-state index is -0.520. The lowest BCUT2D eigenvalue weighted by Crippen LogP contribution is -2.48. The van der Waals surface area contributed by atoms with Gasteiger partial charge < -0.3 is 19.9 Å². The fourth-order valence-electron chi connectivity index (χ4n) is 5.44. The molecule has 0 bridgehead atoms. The molecule has 41 heavy (non-hydrogen) atoms. The third-order valence-corrected chi connectivity index (χ3v) is 7.90. The Bertz CT molecular complexity index is 1360. The molecule has 0 unspecified atom stereocenters. The van der Waals surface area contributed by atoms with Crippen molar-refractivity contribution in [1.29, 1.82) is 0 Å². The highest BCUT2D eigenvalue weighted by Gasteiger charge is 2.33. The van der Waals surface area contributed by atoms with Gasteiger partial charge in [-0.05, 0) is 63.6 Å². The molecular formula is C32H38ClN5O3. The van der Waals surface area contributed by atoms with Crippen molar-refractivity contribution in [3.8, 4) is 22.4 Å². The number of amides is 2. The second-order valence-corrected chi connectivity index (χ2v) is 12.2. The van der Waals surface area contributed by atoms with E-state index in [0.717, 1.165) is 29.5 Å². The zero-order valence-electron chi connectivity index (χ0n) is 24.0. The number of piperidine rings is 2. The summed E-state index contributed by atoms with van der Waals surface area (Å²) >= 11 is 6.53. The van der Waals surface area contributed by atoms with Gasteiger partial charge in [0.25, 0.3) is 0 Å². The number of hydrogen-bond donors (Lipinski definition) is 1. The second kappa shape index (κ2) is 12.5. The first kappa shape index (κ1) is 28.9. The Balaban J connectivity index is 1.15. The fraction of sp³-hybridized carbons (Fsp3) is 0.438. The number of carbonyl (C=O) groups excluding carboxylic acids is 2. The summed E-state index contributed by atoms with van der Waals surface area (Å²) in [5.41, 5.74) is 3.33. The van der Waals surface area contributed by atoms with Crippen molar-refractivity contribution in [2.45, 2.75) is 58.1 Å². The van der Waals surface area contributed by atoms with Crippen LogP contribution in [0.15, 0.2) is 60.8 Å². The third-order valence-electron chi connectivity index (χ3n) is 7.62. The molecule has 3 aromatic rings. The van der Waals surface area contributed by atoms with E-state index >= 15 is 0 Å². The number of carbonyl (C=O) groups is 2. The van der Waals surface area contributed by atoms with Crippen LogP contribution in [0.5, 0.6) is 0 Å². The second-order valence-electron chi connectivity index (χ2n) is 11.8. The van der Waals surface area contributed by atoms with Crippen molar-refractivity contribution >= 4 is 29.5 Å². The summed E-state index contributed by atoms with van der Waals surface area (Å²) in [7, 11) is 0. The van der Waals surface area contributed by atoms with Gasteiger partial charge in [-0.3, -0.25) is 4.79 Å². The maximum Gasteiger partial charge on any atom is 0.410 e. The molecule has 3 heterocycles. The SMILES string of the molecule is CC(C)(C)OC(=O)N1CCC(C(=O)N2CCC(Nc3ncc(Cl)c(-c4cccc(-c5ccccc5)c4)n3)CC2)CC1. The molecule has 0 radical (unpaired) electrons. The predicted octanol–water partition coefficient (Wildman–Crippen LogP) is 6.51. The largest absolute Gasteiger partial charge is 0.444 e. The van der Waals surface area contributed by atoms with Crippen LogP contribution in [0, 0.1) is 5.92 Å². The summed E-state index contributed by atoms with van der Waals surface area (Å²) in [4.78, 5) is 38.5. The van der Waals surface area contributed by atoms with Crippen molar-refractivity contribution in [3.63, 3.8) is 0 Å². The Labute approximate surface area is 247 Å². The summed E-state index contributed by atoms with van der Waals surface area (Å²) in [6, 6.07) is 18.6. The molecule has 2 saturated heterocycles. The molecule has 8 nitrogen and oxygen atoms in total. The van der Waals surface area contributed by atoms with Crippen molar-refractivity contribution in [2.75, 3.05) is 31.5 Å². The minimum Gasteiger partial charge on any atom is -0.444 e. The van der Waals surface area contributed by atoms with E-state index in [1.54, 1.807) is 11.1 Å². The molecule has 1 aromatic heterocycles. The first-order valence-electron chi connectivity index (χ1n) is 14.4. The Hall–Kier alpha value is -3.65. The van der Waals surface area contributed by atoms with Gasteiger partial charge in [-0.25, -0.2) is 14.8 Å². The highest BCUT2D eigenvalue weighted by atomic mass is 35.5. The van der Waals surface area contributed by atoms with Gasteiger partial charge in [0.05, 0.1) is 16.9 Å². The van der Waals surface area contributed by atoms with Crippen LogP contribution in [0.3, 0.4) is 0 Å². The van der Waals surface area contributed by atoms with E-state index in [1.807, 2.05) is 56.0 Å². The Kier molecular flexibility index (Phi) is 8.78. The highest BCUT2D eigenvalue weighted by Crippen LogP contribution is 2.31. The fourth-order valence-corrected chi connectivity index (χ4v) is 5.64. The summed E-state index contributed by atoms with van der Waals surface area (Å²) in [6.45, 7) is 8.06. The average molecular weight is 576 g/mol. The zero-order valence-corrected chi connectivity index (χ0v) is 24.7. The van der Waals surface area contributed by atoms with Crippen LogP contribution in [-0.2, 0) is 9.53 Å². The molecule has 0 saturated carbocycles. The normalized spacial score (nSPS) is 16.9. The highest BCUT2D eigenvalue weighted by molar-refractivity contribution is 6.32. The van der Waals surface area contributed by atoms with Crippen LogP contribution in [0.25, 0.3) is 22.4 Å². The number of nitrogens with zero attached hydrogens (tertiary/aromatic N) is 4. The van der Waals surface area contributed by atoms with Gasteiger partial charge in [0.15, 0.2) is 0 Å². The summed E-state index contributed by atoms with van der Waals surface area (Å²) < 4.78 is 5.48. The number of nitrogens with one attached hydrogen (secondary N) is 1. The lowest BCUT2D eigenvalue weighted by atomic mass is 9.94. The molecule has 5 rings (SSSR count). The lowest BCUT2D eigenvalue weighted by molar-refractivity contribution is -0.138. The van der Waals surface area contributed by atoms with Gasteiger partial charge in [-0.15, -0.1) is 0 Å². The molecule has 9 heteroatoms. The van der Waals surface area contributed by atoms with Crippen LogP contribution in [-0.4, -0.2) is 69.6 Å². The van der Waals surface area contributed by atoms with Crippen LogP contribution in [0.2, 0.25) is 5.02 Å². The molecule has 1 N–H and O–H groups in total. The Morgan fingerprint density at radius 2 is 1.51 bits per heavy atom. The Morgan fingerprint density at radius 1 is 0.878 bits per heavy atom. The van der Waals surface area contributed by atoms with Crippen molar-refractivity contribution < 1.29 is 14.3 Å². The number of rotatable bonds is 5. The number of hydrogen-bond acceptors (Lipinski definition) is 6. The maximum absolute atomic E-state index is 13.2. The molecule has 0 spiro atoms. The van der Waals surface area contributed by atoms with Gasteiger partial charge in [0, 0.05) is 43.7 Å². The molecule has 2 aliphatic heterocycles. The maximum atomic E-state index is 13.2. The van der Waals surface area contributed by atoms with Crippen LogP contribution in [0.4, 0.5) is 10.7 Å². The molecule has 0 aliphatic carbocycles. The van der Waals surface area contributed by atoms with E-state index in [1.165, 1.54) is 0 Å². The third kappa shape index (κ3) is 7.36. The standard InChI is InChI=1S/C32H38ClN5O3/c1-32(2,3)41-31(40)38-16-12-23(13-17-38)29(39)37-18-14-26(15-19-37)35-30-34-21-27(33)28(36-30)25-11-7-10-24(20-25)22-8-5-4-6-9-22/h4-11,20-21,23,26H,12-19H2,1-3H3,(H,34,35,36). The molecular weight excluding hydrogens is 538 g/mol. The average Bonchev–Trinajstić information content (AvgIpc) is 2.98. The van der Waals surface area contributed by atoms with Gasteiger partial charge >= 0.3 is 6.09 Å². The van der Waals surface area contributed by atoms with Crippen LogP contribution in [0.1, 0.15) is 46.5 Å². The van der Waals surface area contributed by atoms with E-state index in [0.29, 0.717) is 55.7 Å². The van der Waals surface area contributed by atoms with Crippen molar-refractivity contribution in [1.82, 2.24) is 19.8 Å². The number of ether oxygens (including phenoxy) is 1. The van der Waals surface area contributed by atoms with Crippen LogP contribution < -0.4 is 5.32 Å². The van der Waals surface area contributed by atoms with Gasteiger partial charge in [0.2, 0.25) is 11.9 Å². The van der Waals surface area contributed by atoms with Crippen molar-refractivity contribution in [2.24, 2.45) is 5.92 Å². The summed E-state index contributed by atoms with van der Waals surface area (Å²) in [6.07, 6.45) is 4.31. The molecule has 2 fully saturated rings. The monoisotopic (exact) mass is 575 g/mol. The molecule has 216 valence electrons. The van der Waals surface area contributed by atoms with E-state index in [2.05, 4.69) is 34.6 Å². The zero-order chi connectivity index (χ0) is 29.0. The summed E-state index contributed by atoms with van der Waals surface area (Å²) in [5, 5.41) is 3.96. The number of benzene rings is 2.